The van der Waals surface area contributed by atoms with Crippen LogP contribution in [0.1, 0.15) is 34.4 Å². The summed E-state index contributed by atoms with van der Waals surface area (Å²) in [6.07, 6.45) is 8.07. The molecule has 0 bridgehead atoms. The molecule has 2 amide bonds. The van der Waals surface area contributed by atoms with Crippen molar-refractivity contribution in [2.24, 2.45) is 0 Å². The summed E-state index contributed by atoms with van der Waals surface area (Å²) in [5.74, 6) is -0.238. The van der Waals surface area contributed by atoms with Gasteiger partial charge in [-0.3, -0.25) is 9.69 Å². The zero-order valence-electron chi connectivity index (χ0n) is 24.3. The summed E-state index contributed by atoms with van der Waals surface area (Å²) in [7, 11) is 0. The van der Waals surface area contributed by atoms with Gasteiger partial charge in [-0.25, -0.2) is 9.78 Å². The van der Waals surface area contributed by atoms with E-state index in [9.17, 15) is 9.59 Å². The monoisotopic (exact) mass is 582 g/mol. The third-order valence-electron chi connectivity index (χ3n) is 7.98. The minimum absolute atomic E-state index is 0.205. The van der Waals surface area contributed by atoms with Gasteiger partial charge in [0.2, 0.25) is 5.91 Å². The van der Waals surface area contributed by atoms with Crippen LogP contribution in [0.2, 0.25) is 0 Å². The Balaban J connectivity index is 1.18. The van der Waals surface area contributed by atoms with Crippen LogP contribution in [0.15, 0.2) is 146 Å². The summed E-state index contributed by atoms with van der Waals surface area (Å²) in [5, 5.41) is 2.70. The highest BCUT2D eigenvalue weighted by Crippen LogP contribution is 2.40. The largest absolute Gasteiger partial charge is 0.449 e. The van der Waals surface area contributed by atoms with Gasteiger partial charge in [0.15, 0.2) is 0 Å². The molecule has 1 aliphatic heterocycles. The van der Waals surface area contributed by atoms with Crippen molar-refractivity contribution < 1.29 is 14.3 Å². The van der Waals surface area contributed by atoms with Crippen molar-refractivity contribution in [3.8, 4) is 0 Å². The Morgan fingerprint density at radius 3 is 1.91 bits per heavy atom. The summed E-state index contributed by atoms with van der Waals surface area (Å²) in [6.45, 7) is 0.205. The predicted octanol–water partition coefficient (Wildman–Crippen LogP) is 6.31. The second-order valence-corrected chi connectivity index (χ2v) is 10.7. The molecule has 1 aliphatic rings. The Labute approximate surface area is 257 Å². The average molecular weight is 583 g/mol. The molecule has 4 aromatic carbocycles. The Bertz CT molecular complexity index is 1610. The standard InChI is InChI=1S/C37H34N4O3/c42-35-34(26-29-14-5-1-6-15-29)41(24-23-38-35)36(43)44-25-13-22-33-27-40(28-39-33)37(30-16-7-2-8-17-30,31-18-9-3-10-19-31)32-20-11-4-12-21-32/h1-12,14-21,23-24,27-28,34H,13,22,25-26H2,(H,38,42)/t34-/m0/s1. The van der Waals surface area contributed by atoms with Crippen molar-refractivity contribution in [3.05, 3.63) is 174 Å². The third-order valence-corrected chi connectivity index (χ3v) is 7.98. The fourth-order valence-electron chi connectivity index (χ4n) is 5.89. The summed E-state index contributed by atoms with van der Waals surface area (Å²) in [5.41, 5.74) is 4.61. The number of imidazole rings is 1. The zero-order chi connectivity index (χ0) is 30.2. The van der Waals surface area contributed by atoms with Crippen LogP contribution < -0.4 is 5.32 Å². The van der Waals surface area contributed by atoms with Crippen molar-refractivity contribution >= 4 is 12.0 Å². The second-order valence-electron chi connectivity index (χ2n) is 10.7. The van der Waals surface area contributed by atoms with E-state index in [4.69, 9.17) is 9.72 Å². The van der Waals surface area contributed by atoms with Crippen molar-refractivity contribution in [2.45, 2.75) is 30.8 Å². The van der Waals surface area contributed by atoms with E-state index in [-0.39, 0.29) is 12.5 Å². The van der Waals surface area contributed by atoms with Gasteiger partial charge in [0.1, 0.15) is 11.6 Å². The molecule has 0 aliphatic carbocycles. The summed E-state index contributed by atoms with van der Waals surface area (Å²) in [6, 6.07) is 40.3. The van der Waals surface area contributed by atoms with Gasteiger partial charge in [-0.15, -0.1) is 0 Å². The zero-order valence-corrected chi connectivity index (χ0v) is 24.3. The van der Waals surface area contributed by atoms with E-state index in [0.29, 0.717) is 19.3 Å². The van der Waals surface area contributed by atoms with Gasteiger partial charge >= 0.3 is 6.09 Å². The molecule has 2 heterocycles. The van der Waals surface area contributed by atoms with Crippen LogP contribution in [-0.4, -0.2) is 39.1 Å². The van der Waals surface area contributed by atoms with Crippen LogP contribution >= 0.6 is 0 Å². The van der Waals surface area contributed by atoms with E-state index < -0.39 is 17.7 Å². The number of ether oxygens (including phenoxy) is 1. The maximum atomic E-state index is 13.0. The quantitative estimate of drug-likeness (QED) is 0.155. The second kappa shape index (κ2) is 13.3. The molecule has 0 spiro atoms. The van der Waals surface area contributed by atoms with E-state index in [0.717, 1.165) is 27.9 Å². The first-order valence-corrected chi connectivity index (χ1v) is 14.8. The molecule has 1 N–H and O–H groups in total. The molecule has 5 aromatic rings. The van der Waals surface area contributed by atoms with E-state index in [1.165, 1.54) is 11.1 Å². The molecule has 0 fully saturated rings. The molecule has 0 radical (unpaired) electrons. The van der Waals surface area contributed by atoms with Crippen LogP contribution in [-0.2, 0) is 27.9 Å². The molecule has 6 rings (SSSR count). The number of rotatable bonds is 10. The van der Waals surface area contributed by atoms with E-state index in [1.807, 2.05) is 54.9 Å². The minimum atomic E-state index is -0.673. The van der Waals surface area contributed by atoms with Crippen LogP contribution in [0.3, 0.4) is 0 Å². The minimum Gasteiger partial charge on any atom is -0.449 e. The Hall–Kier alpha value is -5.43. The maximum Gasteiger partial charge on any atom is 0.414 e. The molecule has 0 saturated carbocycles. The van der Waals surface area contributed by atoms with Crippen LogP contribution in [0.4, 0.5) is 4.79 Å². The molecule has 1 aromatic heterocycles. The first-order valence-electron chi connectivity index (χ1n) is 14.8. The Morgan fingerprint density at radius 1 is 0.795 bits per heavy atom. The molecule has 44 heavy (non-hydrogen) atoms. The first kappa shape index (κ1) is 28.7. The highest BCUT2D eigenvalue weighted by Gasteiger charge is 2.38. The lowest BCUT2D eigenvalue weighted by atomic mass is 9.77. The number of nitrogens with zero attached hydrogens (tertiary/aromatic N) is 3. The Morgan fingerprint density at radius 2 is 1.34 bits per heavy atom. The molecule has 7 heteroatoms. The SMILES string of the molecule is O=C1NC=CN(C(=O)OCCCc2cn(C(c3ccccc3)(c3ccccc3)c3ccccc3)cn2)[C@H]1Cc1ccccc1. The Kier molecular flexibility index (Phi) is 8.64. The molecule has 0 unspecified atom stereocenters. The lowest BCUT2D eigenvalue weighted by Gasteiger charge is -2.37. The van der Waals surface area contributed by atoms with Crippen molar-refractivity contribution in [1.82, 2.24) is 19.8 Å². The summed E-state index contributed by atoms with van der Waals surface area (Å²) in [4.78, 5) is 31.8. The first-order chi connectivity index (χ1) is 21.7. The van der Waals surface area contributed by atoms with Crippen molar-refractivity contribution in [1.29, 1.82) is 0 Å². The fourth-order valence-corrected chi connectivity index (χ4v) is 5.89. The average Bonchev–Trinajstić information content (AvgIpc) is 3.55. The van der Waals surface area contributed by atoms with Crippen molar-refractivity contribution in [2.75, 3.05) is 6.61 Å². The highest BCUT2D eigenvalue weighted by atomic mass is 16.6. The number of carbonyl (C=O) groups excluding carboxylic acids is 2. The summed E-state index contributed by atoms with van der Waals surface area (Å²) >= 11 is 0. The number of aryl methyl sites for hydroxylation is 1. The number of hydrogen-bond donors (Lipinski definition) is 1. The number of aromatic nitrogens is 2. The topological polar surface area (TPSA) is 76.5 Å². The lowest BCUT2D eigenvalue weighted by Crippen LogP contribution is -2.50. The molecule has 0 saturated heterocycles. The normalized spacial score (nSPS) is 14.7. The molecule has 1 atom stereocenters. The number of benzene rings is 4. The maximum absolute atomic E-state index is 13.0. The molecular formula is C37H34N4O3. The number of amides is 2. The van der Waals surface area contributed by atoms with E-state index in [1.54, 1.807) is 6.20 Å². The number of carbonyl (C=O) groups is 2. The highest BCUT2D eigenvalue weighted by molar-refractivity contribution is 5.88. The van der Waals surface area contributed by atoms with Gasteiger partial charge in [0, 0.05) is 25.0 Å². The van der Waals surface area contributed by atoms with Crippen LogP contribution in [0.5, 0.6) is 0 Å². The molecule has 220 valence electrons. The number of hydrogen-bond acceptors (Lipinski definition) is 4. The van der Waals surface area contributed by atoms with E-state index >= 15 is 0 Å². The predicted molar refractivity (Wildman–Crippen MR) is 170 cm³/mol. The van der Waals surface area contributed by atoms with Crippen LogP contribution in [0, 0.1) is 0 Å². The van der Waals surface area contributed by atoms with Gasteiger partial charge in [-0.05, 0) is 35.1 Å². The van der Waals surface area contributed by atoms with Gasteiger partial charge in [-0.1, -0.05) is 121 Å². The molecular weight excluding hydrogens is 548 g/mol. The van der Waals surface area contributed by atoms with Crippen molar-refractivity contribution in [3.63, 3.8) is 0 Å². The number of nitrogens with one attached hydrogen (secondary N) is 1. The van der Waals surface area contributed by atoms with Gasteiger partial charge < -0.3 is 14.6 Å². The molecule has 7 nitrogen and oxygen atoms in total. The fraction of sp³-hybridized carbons (Fsp3) is 0.162. The van der Waals surface area contributed by atoms with Gasteiger partial charge in [0.25, 0.3) is 0 Å². The van der Waals surface area contributed by atoms with Crippen LogP contribution in [0.25, 0.3) is 0 Å². The van der Waals surface area contributed by atoms with Gasteiger partial charge in [-0.2, -0.15) is 0 Å². The lowest BCUT2D eigenvalue weighted by molar-refractivity contribution is -0.125. The third kappa shape index (κ3) is 5.90. The van der Waals surface area contributed by atoms with E-state index in [2.05, 4.69) is 88.9 Å². The smallest absolute Gasteiger partial charge is 0.414 e. The summed E-state index contributed by atoms with van der Waals surface area (Å²) < 4.78 is 7.80. The van der Waals surface area contributed by atoms with Gasteiger partial charge in [0.05, 0.1) is 18.6 Å².